The molecule has 18 heavy (non-hydrogen) atoms. The molecule has 0 saturated heterocycles. The largest absolute Gasteiger partial charge is 0.378 e. The number of benzene rings is 1. The zero-order chi connectivity index (χ0) is 13.4. The van der Waals surface area contributed by atoms with E-state index >= 15 is 0 Å². The van der Waals surface area contributed by atoms with E-state index in [2.05, 4.69) is 43.5 Å². The molecule has 0 amide bonds. The molecule has 3 heteroatoms. The van der Waals surface area contributed by atoms with Gasteiger partial charge in [0, 0.05) is 12.2 Å². The van der Waals surface area contributed by atoms with E-state index in [0.29, 0.717) is 0 Å². The molecule has 1 aromatic carbocycles. The fourth-order valence-electron chi connectivity index (χ4n) is 2.01. The molecule has 2 nitrogen and oxygen atoms in total. The summed E-state index contributed by atoms with van der Waals surface area (Å²) < 4.78 is 0. The number of nitrogens with one attached hydrogen (secondary N) is 2. The number of hydrogen-bond donors (Lipinski definition) is 2. The quantitative estimate of drug-likeness (QED) is 0.728. The van der Waals surface area contributed by atoms with Gasteiger partial charge < -0.3 is 10.6 Å². The van der Waals surface area contributed by atoms with Gasteiger partial charge in [-0.3, -0.25) is 0 Å². The Morgan fingerprint density at radius 3 is 2.39 bits per heavy atom. The molecule has 0 aliphatic carbocycles. The first-order valence-corrected chi connectivity index (χ1v) is 7.14. The Balaban J connectivity index is 2.76. The van der Waals surface area contributed by atoms with Gasteiger partial charge in [0.05, 0.1) is 5.54 Å². The highest BCUT2D eigenvalue weighted by molar-refractivity contribution is 7.80. The zero-order valence-electron chi connectivity index (χ0n) is 11.6. The monoisotopic (exact) mass is 264 g/mol. The maximum absolute atomic E-state index is 5.55. The summed E-state index contributed by atoms with van der Waals surface area (Å²) in [6.07, 6.45) is 3.22. The van der Waals surface area contributed by atoms with Crippen molar-refractivity contribution in [1.29, 1.82) is 0 Å². The first-order valence-electron chi connectivity index (χ1n) is 6.74. The second-order valence-corrected chi connectivity index (χ2v) is 5.24. The molecule has 0 heterocycles. The highest BCUT2D eigenvalue weighted by Crippen LogP contribution is 2.21. The molecular formula is C15H24N2S. The van der Waals surface area contributed by atoms with Crippen LogP contribution >= 0.6 is 12.2 Å². The molecule has 1 aromatic rings. The molecule has 1 unspecified atom stereocenters. The van der Waals surface area contributed by atoms with Crippen molar-refractivity contribution in [2.24, 2.45) is 0 Å². The van der Waals surface area contributed by atoms with E-state index in [1.807, 2.05) is 18.2 Å². The predicted molar refractivity (Wildman–Crippen MR) is 84.3 cm³/mol. The molecule has 0 aliphatic rings. The molecule has 0 radical (unpaired) electrons. The lowest BCUT2D eigenvalue weighted by molar-refractivity contribution is 0.587. The summed E-state index contributed by atoms with van der Waals surface area (Å²) in [5.41, 5.74) is 0.953. The van der Waals surface area contributed by atoms with E-state index < -0.39 is 0 Å². The van der Waals surface area contributed by atoms with Crippen LogP contribution in [-0.4, -0.2) is 17.1 Å². The Morgan fingerprint density at radius 1 is 1.17 bits per heavy atom. The average molecular weight is 264 g/mol. The van der Waals surface area contributed by atoms with Crippen LogP contribution in [0.4, 0.5) is 5.69 Å². The molecule has 0 spiro atoms. The fraction of sp³-hybridized carbons (Fsp3) is 0.533. The second kappa shape index (κ2) is 7.37. The van der Waals surface area contributed by atoms with E-state index in [0.717, 1.165) is 36.5 Å². The van der Waals surface area contributed by atoms with Crippen molar-refractivity contribution >= 4 is 22.9 Å². The minimum atomic E-state index is -0.166. The van der Waals surface area contributed by atoms with Crippen LogP contribution in [0.25, 0.3) is 0 Å². The van der Waals surface area contributed by atoms with Gasteiger partial charge in [0.1, 0.15) is 4.99 Å². The zero-order valence-corrected chi connectivity index (χ0v) is 12.4. The van der Waals surface area contributed by atoms with Crippen LogP contribution in [0.1, 0.15) is 40.0 Å². The third-order valence-corrected chi connectivity index (χ3v) is 3.58. The van der Waals surface area contributed by atoms with Gasteiger partial charge in [-0.25, -0.2) is 0 Å². The number of rotatable bonds is 7. The molecule has 2 N–H and O–H groups in total. The van der Waals surface area contributed by atoms with Gasteiger partial charge >= 0.3 is 0 Å². The van der Waals surface area contributed by atoms with Crippen molar-refractivity contribution in [2.75, 3.05) is 11.9 Å². The van der Waals surface area contributed by atoms with Crippen molar-refractivity contribution in [3.8, 4) is 0 Å². The van der Waals surface area contributed by atoms with Crippen LogP contribution < -0.4 is 10.6 Å². The molecule has 0 bridgehead atoms. The molecule has 0 aliphatic heterocycles. The molecule has 0 fully saturated rings. The van der Waals surface area contributed by atoms with Gasteiger partial charge in [-0.05, 0) is 31.9 Å². The van der Waals surface area contributed by atoms with Crippen molar-refractivity contribution in [3.63, 3.8) is 0 Å². The summed E-state index contributed by atoms with van der Waals surface area (Å²) in [6, 6.07) is 10.3. The Morgan fingerprint density at radius 2 is 1.83 bits per heavy atom. The SMILES string of the molecule is CCCNC(=S)C(C)(CCC)Nc1ccccc1. The van der Waals surface area contributed by atoms with Crippen LogP contribution in [0.5, 0.6) is 0 Å². The molecule has 100 valence electrons. The van der Waals surface area contributed by atoms with Crippen molar-refractivity contribution in [3.05, 3.63) is 30.3 Å². The van der Waals surface area contributed by atoms with E-state index in [1.165, 1.54) is 0 Å². The lowest BCUT2D eigenvalue weighted by Crippen LogP contribution is -2.49. The highest BCUT2D eigenvalue weighted by Gasteiger charge is 2.28. The Labute approximate surface area is 116 Å². The summed E-state index contributed by atoms with van der Waals surface area (Å²) >= 11 is 5.55. The van der Waals surface area contributed by atoms with Crippen LogP contribution in [0.15, 0.2) is 30.3 Å². The standard InChI is InChI=1S/C15H24N2S/c1-4-11-15(3,14(18)16-12-5-2)17-13-9-7-6-8-10-13/h6-10,17H,4-5,11-12H2,1-3H3,(H,16,18). The first-order chi connectivity index (χ1) is 8.62. The van der Waals surface area contributed by atoms with Gasteiger partial charge in [-0.2, -0.15) is 0 Å². The lowest BCUT2D eigenvalue weighted by atomic mass is 9.95. The van der Waals surface area contributed by atoms with Crippen LogP contribution in [0, 0.1) is 0 Å². The van der Waals surface area contributed by atoms with E-state index in [9.17, 15) is 0 Å². The van der Waals surface area contributed by atoms with Crippen molar-refractivity contribution < 1.29 is 0 Å². The topological polar surface area (TPSA) is 24.1 Å². The lowest BCUT2D eigenvalue weighted by Gasteiger charge is -2.33. The van der Waals surface area contributed by atoms with Crippen LogP contribution in [0.2, 0.25) is 0 Å². The second-order valence-electron chi connectivity index (χ2n) is 4.83. The molecule has 0 saturated carbocycles. The molecule has 1 rings (SSSR count). The number of anilines is 1. The van der Waals surface area contributed by atoms with Gasteiger partial charge in [0.25, 0.3) is 0 Å². The summed E-state index contributed by atoms with van der Waals surface area (Å²) in [5.74, 6) is 0. The summed E-state index contributed by atoms with van der Waals surface area (Å²) in [6.45, 7) is 7.45. The summed E-state index contributed by atoms with van der Waals surface area (Å²) in [5, 5.41) is 6.91. The number of thiocarbonyl (C=S) groups is 1. The first kappa shape index (κ1) is 15.0. The van der Waals surface area contributed by atoms with Gasteiger partial charge in [0.15, 0.2) is 0 Å². The predicted octanol–water partition coefficient (Wildman–Crippen LogP) is 3.98. The fourth-order valence-corrected chi connectivity index (χ4v) is 2.26. The smallest absolute Gasteiger partial charge is 0.101 e. The van der Waals surface area contributed by atoms with Gasteiger partial charge in [0.2, 0.25) is 0 Å². The normalized spacial score (nSPS) is 13.7. The van der Waals surface area contributed by atoms with Gasteiger partial charge in [-0.15, -0.1) is 0 Å². The van der Waals surface area contributed by atoms with Gasteiger partial charge in [-0.1, -0.05) is 50.7 Å². The van der Waals surface area contributed by atoms with Crippen LogP contribution in [0.3, 0.4) is 0 Å². The maximum atomic E-state index is 5.55. The minimum absolute atomic E-state index is 0.166. The van der Waals surface area contributed by atoms with E-state index in [-0.39, 0.29) is 5.54 Å². The third kappa shape index (κ3) is 4.30. The molecular weight excluding hydrogens is 240 g/mol. The van der Waals surface area contributed by atoms with E-state index in [1.54, 1.807) is 0 Å². The Kier molecular flexibility index (Phi) is 6.13. The molecule has 1 atom stereocenters. The van der Waals surface area contributed by atoms with Crippen molar-refractivity contribution in [2.45, 2.75) is 45.6 Å². The van der Waals surface area contributed by atoms with E-state index in [4.69, 9.17) is 12.2 Å². The Hall–Kier alpha value is -1.09. The summed E-state index contributed by atoms with van der Waals surface area (Å²) in [7, 11) is 0. The Bertz CT molecular complexity index is 364. The number of para-hydroxylation sites is 1. The highest BCUT2D eigenvalue weighted by atomic mass is 32.1. The maximum Gasteiger partial charge on any atom is 0.101 e. The molecule has 0 aromatic heterocycles. The average Bonchev–Trinajstić information content (AvgIpc) is 2.37. The summed E-state index contributed by atoms with van der Waals surface area (Å²) in [4.78, 5) is 0.912. The van der Waals surface area contributed by atoms with Crippen LogP contribution in [-0.2, 0) is 0 Å². The number of hydrogen-bond acceptors (Lipinski definition) is 2. The third-order valence-electron chi connectivity index (χ3n) is 2.98. The van der Waals surface area contributed by atoms with Crippen molar-refractivity contribution in [1.82, 2.24) is 5.32 Å². The minimum Gasteiger partial charge on any atom is -0.378 e.